The van der Waals surface area contributed by atoms with Crippen molar-refractivity contribution in [2.75, 3.05) is 0 Å². The molecule has 0 spiro atoms. The zero-order chi connectivity index (χ0) is 8.32. The Kier molecular flexibility index (Phi) is 2.11. The lowest BCUT2D eigenvalue weighted by atomic mass is 9.84. The Morgan fingerprint density at radius 1 is 1.64 bits per heavy atom. The van der Waals surface area contributed by atoms with E-state index in [1.807, 2.05) is 18.2 Å². The first kappa shape index (κ1) is 8.03. The maximum absolute atomic E-state index is 9.68. The Labute approximate surface area is 66.5 Å². The molecule has 2 atom stereocenters. The monoisotopic (exact) mass is 149 g/mol. The van der Waals surface area contributed by atoms with Crippen LogP contribution in [0.3, 0.4) is 0 Å². The third-order valence-electron chi connectivity index (χ3n) is 1.95. The van der Waals surface area contributed by atoms with Crippen LogP contribution in [0.15, 0.2) is 24.3 Å². The molecular formula is C9H11NO. The quantitative estimate of drug-likeness (QED) is 0.612. The molecule has 2 heteroatoms. The molecule has 0 amide bonds. The van der Waals surface area contributed by atoms with Gasteiger partial charge in [0, 0.05) is 12.3 Å². The summed E-state index contributed by atoms with van der Waals surface area (Å²) in [5.41, 5.74) is -0.843. The molecule has 0 aromatic heterocycles. The molecule has 2 nitrogen and oxygen atoms in total. The largest absolute Gasteiger partial charge is 0.385 e. The van der Waals surface area contributed by atoms with Crippen LogP contribution < -0.4 is 0 Å². The van der Waals surface area contributed by atoms with E-state index in [4.69, 9.17) is 5.26 Å². The lowest BCUT2D eigenvalue weighted by Gasteiger charge is -2.27. The zero-order valence-corrected chi connectivity index (χ0v) is 6.49. The summed E-state index contributed by atoms with van der Waals surface area (Å²) in [6.45, 7) is 1.72. The van der Waals surface area contributed by atoms with Crippen LogP contribution in [0.25, 0.3) is 0 Å². The third kappa shape index (κ3) is 1.69. The van der Waals surface area contributed by atoms with Crippen molar-refractivity contribution in [1.29, 1.82) is 5.26 Å². The average molecular weight is 149 g/mol. The third-order valence-corrected chi connectivity index (χ3v) is 1.95. The number of hydrogen-bond donors (Lipinski definition) is 1. The van der Waals surface area contributed by atoms with E-state index in [1.165, 1.54) is 0 Å². The number of nitriles is 1. The van der Waals surface area contributed by atoms with Crippen molar-refractivity contribution < 1.29 is 5.11 Å². The van der Waals surface area contributed by atoms with Crippen LogP contribution in [0.5, 0.6) is 0 Å². The minimum absolute atomic E-state index is 0.0579. The van der Waals surface area contributed by atoms with Crippen LogP contribution in [-0.2, 0) is 0 Å². The Bertz CT molecular complexity index is 232. The summed E-state index contributed by atoms with van der Waals surface area (Å²) in [5, 5.41) is 18.1. The van der Waals surface area contributed by atoms with E-state index >= 15 is 0 Å². The molecule has 1 rings (SSSR count). The van der Waals surface area contributed by atoms with Gasteiger partial charge in [-0.05, 0) is 6.92 Å². The minimum Gasteiger partial charge on any atom is -0.385 e. The number of aliphatic hydroxyl groups is 1. The molecule has 1 N–H and O–H groups in total. The van der Waals surface area contributed by atoms with Gasteiger partial charge in [-0.2, -0.15) is 5.26 Å². The molecule has 1 aliphatic carbocycles. The van der Waals surface area contributed by atoms with Gasteiger partial charge in [0.25, 0.3) is 0 Å². The van der Waals surface area contributed by atoms with Crippen molar-refractivity contribution in [2.45, 2.75) is 18.9 Å². The molecule has 1 unspecified atom stereocenters. The van der Waals surface area contributed by atoms with E-state index in [1.54, 1.807) is 19.1 Å². The van der Waals surface area contributed by atoms with Gasteiger partial charge in [-0.3, -0.25) is 0 Å². The Balaban J connectivity index is 2.73. The van der Waals surface area contributed by atoms with Gasteiger partial charge in [0.2, 0.25) is 0 Å². The van der Waals surface area contributed by atoms with E-state index in [2.05, 4.69) is 0 Å². The number of nitrogens with zero attached hydrogens (tertiary/aromatic N) is 1. The normalized spacial score (nSPS) is 35.2. The summed E-state index contributed by atoms with van der Waals surface area (Å²) in [4.78, 5) is 0. The lowest BCUT2D eigenvalue weighted by molar-refractivity contribution is 0.0673. The second kappa shape index (κ2) is 2.89. The summed E-state index contributed by atoms with van der Waals surface area (Å²) < 4.78 is 0. The molecule has 0 fully saturated rings. The van der Waals surface area contributed by atoms with Crippen molar-refractivity contribution in [3.05, 3.63) is 24.3 Å². The fourth-order valence-corrected chi connectivity index (χ4v) is 1.14. The van der Waals surface area contributed by atoms with Gasteiger partial charge in [-0.1, -0.05) is 24.3 Å². The molecule has 1 aliphatic rings. The summed E-state index contributed by atoms with van der Waals surface area (Å²) in [6, 6.07) is 2.05. The fourth-order valence-electron chi connectivity index (χ4n) is 1.14. The van der Waals surface area contributed by atoms with Gasteiger partial charge in [0.1, 0.15) is 0 Å². The van der Waals surface area contributed by atoms with Gasteiger partial charge >= 0.3 is 0 Å². The molecule has 0 heterocycles. The van der Waals surface area contributed by atoms with Crippen LogP contribution in [-0.4, -0.2) is 10.7 Å². The van der Waals surface area contributed by atoms with Gasteiger partial charge in [0.15, 0.2) is 0 Å². The van der Waals surface area contributed by atoms with E-state index in [0.29, 0.717) is 6.42 Å². The van der Waals surface area contributed by atoms with Gasteiger partial charge < -0.3 is 5.11 Å². The smallest absolute Gasteiger partial charge is 0.0875 e. The van der Waals surface area contributed by atoms with Crippen LogP contribution >= 0.6 is 0 Å². The predicted octanol–water partition coefficient (Wildman–Crippen LogP) is 1.39. The molecule has 58 valence electrons. The Morgan fingerprint density at radius 2 is 2.36 bits per heavy atom. The molecule has 0 bridgehead atoms. The average Bonchev–Trinajstić information content (AvgIpc) is 1.94. The maximum atomic E-state index is 9.68. The molecule has 0 aromatic carbocycles. The highest BCUT2D eigenvalue weighted by Crippen LogP contribution is 2.26. The first-order chi connectivity index (χ1) is 5.17. The first-order valence-electron chi connectivity index (χ1n) is 3.62. The summed E-state index contributed by atoms with van der Waals surface area (Å²) >= 11 is 0. The van der Waals surface area contributed by atoms with Crippen molar-refractivity contribution in [3.63, 3.8) is 0 Å². The van der Waals surface area contributed by atoms with Crippen molar-refractivity contribution in [3.8, 4) is 6.07 Å². The molecule has 0 aliphatic heterocycles. The van der Waals surface area contributed by atoms with Gasteiger partial charge in [-0.15, -0.1) is 0 Å². The predicted molar refractivity (Wildman–Crippen MR) is 42.6 cm³/mol. The number of rotatable bonds is 1. The summed E-state index contributed by atoms with van der Waals surface area (Å²) in [6.07, 6.45) is 7.61. The fraction of sp³-hybridized carbons (Fsp3) is 0.444. The van der Waals surface area contributed by atoms with E-state index in [-0.39, 0.29) is 5.92 Å². The van der Waals surface area contributed by atoms with Crippen molar-refractivity contribution in [1.82, 2.24) is 0 Å². The Morgan fingerprint density at radius 3 is 2.91 bits per heavy atom. The first-order valence-corrected chi connectivity index (χ1v) is 3.62. The molecule has 0 saturated heterocycles. The highest BCUT2D eigenvalue weighted by Gasteiger charge is 2.27. The topological polar surface area (TPSA) is 44.0 Å². The van der Waals surface area contributed by atoms with Gasteiger partial charge in [-0.25, -0.2) is 0 Å². The lowest BCUT2D eigenvalue weighted by Crippen LogP contribution is -2.31. The molecule has 0 aromatic rings. The summed E-state index contributed by atoms with van der Waals surface area (Å²) in [7, 11) is 0. The zero-order valence-electron chi connectivity index (χ0n) is 6.49. The second-order valence-corrected chi connectivity index (χ2v) is 2.94. The van der Waals surface area contributed by atoms with Crippen LogP contribution in [0, 0.1) is 17.2 Å². The SMILES string of the molecule is CC1(O)C=CC=C[C@@H]1CC#N. The van der Waals surface area contributed by atoms with Crippen LogP contribution in [0.2, 0.25) is 0 Å². The maximum Gasteiger partial charge on any atom is 0.0875 e. The molecular weight excluding hydrogens is 138 g/mol. The minimum atomic E-state index is -0.843. The molecule has 0 radical (unpaired) electrons. The Hall–Kier alpha value is -1.07. The van der Waals surface area contributed by atoms with E-state index in [9.17, 15) is 5.11 Å². The highest BCUT2D eigenvalue weighted by molar-refractivity contribution is 5.21. The van der Waals surface area contributed by atoms with E-state index < -0.39 is 5.60 Å². The van der Waals surface area contributed by atoms with Crippen molar-refractivity contribution >= 4 is 0 Å². The van der Waals surface area contributed by atoms with Crippen molar-refractivity contribution in [2.24, 2.45) is 5.92 Å². The molecule has 11 heavy (non-hydrogen) atoms. The number of allylic oxidation sites excluding steroid dienone is 2. The standard InChI is InChI=1S/C9H11NO/c1-9(11)6-3-2-4-8(9)5-7-10/h2-4,6,8,11H,5H2,1H3/t8-,9?/m1/s1. The van der Waals surface area contributed by atoms with Gasteiger partial charge in [0.05, 0.1) is 11.7 Å². The number of hydrogen-bond acceptors (Lipinski definition) is 2. The van der Waals surface area contributed by atoms with E-state index in [0.717, 1.165) is 0 Å². The van der Waals surface area contributed by atoms with Crippen LogP contribution in [0.4, 0.5) is 0 Å². The highest BCUT2D eigenvalue weighted by atomic mass is 16.3. The summed E-state index contributed by atoms with van der Waals surface area (Å²) in [5.74, 6) is -0.0579. The molecule has 0 saturated carbocycles. The second-order valence-electron chi connectivity index (χ2n) is 2.94. The van der Waals surface area contributed by atoms with Crippen LogP contribution in [0.1, 0.15) is 13.3 Å².